The van der Waals surface area contributed by atoms with Gasteiger partial charge in [0.05, 0.1) is 5.75 Å². The number of hydrogen-bond acceptors (Lipinski definition) is 3. The van der Waals surface area contributed by atoms with Gasteiger partial charge in [0.25, 0.3) is 0 Å². The molecule has 5 heteroatoms. The monoisotopic (exact) mass is 289 g/mol. The van der Waals surface area contributed by atoms with Gasteiger partial charge in [0.2, 0.25) is 0 Å². The lowest BCUT2D eigenvalue weighted by Gasteiger charge is -2.13. The van der Waals surface area contributed by atoms with E-state index in [4.69, 9.17) is 11.6 Å². The third-order valence-electron chi connectivity index (χ3n) is 2.64. The van der Waals surface area contributed by atoms with Gasteiger partial charge in [-0.25, -0.2) is 8.42 Å². The van der Waals surface area contributed by atoms with Gasteiger partial charge in [0.15, 0.2) is 0 Å². The zero-order valence-electron chi connectivity index (χ0n) is 10.8. The van der Waals surface area contributed by atoms with E-state index in [1.54, 1.807) is 0 Å². The SMILES string of the molecule is CC(Cc1ccc(Cl)cc1)NCCCS(C)(=O)=O. The molecule has 0 heterocycles. The van der Waals surface area contributed by atoms with Gasteiger partial charge in [-0.3, -0.25) is 0 Å². The van der Waals surface area contributed by atoms with Crippen LogP contribution in [0.25, 0.3) is 0 Å². The number of benzene rings is 1. The minimum Gasteiger partial charge on any atom is -0.314 e. The molecule has 1 unspecified atom stereocenters. The maximum atomic E-state index is 11.0. The van der Waals surface area contributed by atoms with Crippen LogP contribution < -0.4 is 5.32 Å². The van der Waals surface area contributed by atoms with Crippen molar-refractivity contribution in [2.24, 2.45) is 0 Å². The van der Waals surface area contributed by atoms with Gasteiger partial charge >= 0.3 is 0 Å². The zero-order valence-corrected chi connectivity index (χ0v) is 12.4. The Morgan fingerprint density at radius 3 is 2.44 bits per heavy atom. The number of nitrogens with one attached hydrogen (secondary N) is 1. The van der Waals surface area contributed by atoms with Crippen molar-refractivity contribution in [3.63, 3.8) is 0 Å². The largest absolute Gasteiger partial charge is 0.314 e. The predicted octanol–water partition coefficient (Wildman–Crippen LogP) is 2.30. The van der Waals surface area contributed by atoms with Crippen LogP contribution in [0.15, 0.2) is 24.3 Å². The maximum absolute atomic E-state index is 11.0. The van der Waals surface area contributed by atoms with E-state index in [9.17, 15) is 8.42 Å². The normalized spacial score (nSPS) is 13.5. The molecule has 1 atom stereocenters. The van der Waals surface area contributed by atoms with E-state index in [0.29, 0.717) is 12.5 Å². The first-order chi connectivity index (χ1) is 8.37. The van der Waals surface area contributed by atoms with Crippen LogP contribution in [0.3, 0.4) is 0 Å². The first-order valence-corrected chi connectivity index (χ1v) is 8.46. The van der Waals surface area contributed by atoms with E-state index in [2.05, 4.69) is 12.2 Å². The molecule has 1 aromatic rings. The quantitative estimate of drug-likeness (QED) is 0.784. The minimum absolute atomic E-state index is 0.244. The molecule has 0 amide bonds. The molecule has 3 nitrogen and oxygen atoms in total. The van der Waals surface area contributed by atoms with Crippen molar-refractivity contribution in [1.29, 1.82) is 0 Å². The van der Waals surface area contributed by atoms with E-state index in [-0.39, 0.29) is 5.75 Å². The van der Waals surface area contributed by atoms with E-state index in [1.165, 1.54) is 11.8 Å². The van der Waals surface area contributed by atoms with Crippen LogP contribution in [-0.4, -0.2) is 33.0 Å². The molecule has 1 aromatic carbocycles. The molecule has 1 rings (SSSR count). The second-order valence-electron chi connectivity index (χ2n) is 4.67. The third-order valence-corrected chi connectivity index (χ3v) is 3.92. The summed E-state index contributed by atoms with van der Waals surface area (Å²) in [6.07, 6.45) is 2.84. The summed E-state index contributed by atoms with van der Waals surface area (Å²) in [6.45, 7) is 2.82. The fraction of sp³-hybridized carbons (Fsp3) is 0.538. The summed E-state index contributed by atoms with van der Waals surface area (Å²) in [7, 11) is -2.84. The van der Waals surface area contributed by atoms with Gasteiger partial charge in [0.1, 0.15) is 9.84 Å². The minimum atomic E-state index is -2.84. The van der Waals surface area contributed by atoms with Gasteiger partial charge < -0.3 is 5.32 Å². The number of hydrogen-bond donors (Lipinski definition) is 1. The summed E-state index contributed by atoms with van der Waals surface area (Å²) in [5, 5.41) is 4.06. The van der Waals surface area contributed by atoms with Crippen molar-refractivity contribution in [3.05, 3.63) is 34.9 Å². The molecule has 0 saturated carbocycles. The van der Waals surface area contributed by atoms with Crippen LogP contribution in [0, 0.1) is 0 Å². The third kappa shape index (κ3) is 6.99. The standard InChI is InChI=1S/C13H20ClNO2S/c1-11(15-8-3-9-18(2,16)17)10-12-4-6-13(14)7-5-12/h4-7,11,15H,3,8-10H2,1-2H3. The van der Waals surface area contributed by atoms with Crippen LogP contribution >= 0.6 is 11.6 Å². The van der Waals surface area contributed by atoms with Crippen molar-refractivity contribution in [2.75, 3.05) is 18.6 Å². The van der Waals surface area contributed by atoms with Gasteiger partial charge in [-0.05, 0) is 44.0 Å². The molecule has 0 saturated heterocycles. The maximum Gasteiger partial charge on any atom is 0.147 e. The summed E-state index contributed by atoms with van der Waals surface area (Å²) in [5.41, 5.74) is 1.22. The van der Waals surface area contributed by atoms with Gasteiger partial charge in [0, 0.05) is 17.3 Å². The Morgan fingerprint density at radius 2 is 1.89 bits per heavy atom. The summed E-state index contributed by atoms with van der Waals surface area (Å²) < 4.78 is 21.9. The molecule has 0 radical (unpaired) electrons. The summed E-state index contributed by atoms with van der Waals surface area (Å²) in [5.74, 6) is 0.244. The van der Waals surface area contributed by atoms with Crippen LogP contribution in [0.2, 0.25) is 5.02 Å². The first-order valence-electron chi connectivity index (χ1n) is 6.02. The van der Waals surface area contributed by atoms with Crippen molar-refractivity contribution >= 4 is 21.4 Å². The van der Waals surface area contributed by atoms with Crippen LogP contribution in [0.5, 0.6) is 0 Å². The molecule has 18 heavy (non-hydrogen) atoms. The molecule has 1 N–H and O–H groups in total. The number of rotatable bonds is 7. The zero-order chi connectivity index (χ0) is 13.6. The average Bonchev–Trinajstić information content (AvgIpc) is 2.26. The second-order valence-corrected chi connectivity index (χ2v) is 7.37. The van der Waals surface area contributed by atoms with E-state index >= 15 is 0 Å². The highest BCUT2D eigenvalue weighted by Crippen LogP contribution is 2.10. The Labute approximate surface area is 114 Å². The Kier molecular flexibility index (Phi) is 6.12. The molecule has 0 fully saturated rings. The van der Waals surface area contributed by atoms with Crippen LogP contribution in [0.4, 0.5) is 0 Å². The number of sulfone groups is 1. The molecule has 0 aromatic heterocycles. The fourth-order valence-electron chi connectivity index (χ4n) is 1.73. The first kappa shape index (κ1) is 15.5. The topological polar surface area (TPSA) is 46.2 Å². The highest BCUT2D eigenvalue weighted by Gasteiger charge is 2.05. The molecule has 0 bridgehead atoms. The number of halogens is 1. The van der Waals surface area contributed by atoms with Gasteiger partial charge in [-0.1, -0.05) is 23.7 Å². The van der Waals surface area contributed by atoms with E-state index in [1.807, 2.05) is 24.3 Å². The lowest BCUT2D eigenvalue weighted by atomic mass is 10.1. The Morgan fingerprint density at radius 1 is 1.28 bits per heavy atom. The molecule has 0 aliphatic rings. The van der Waals surface area contributed by atoms with E-state index in [0.717, 1.165) is 18.0 Å². The highest BCUT2D eigenvalue weighted by molar-refractivity contribution is 7.90. The van der Waals surface area contributed by atoms with Crippen molar-refractivity contribution < 1.29 is 8.42 Å². The Bertz CT molecular complexity index is 456. The van der Waals surface area contributed by atoms with Gasteiger partial charge in [-0.15, -0.1) is 0 Å². The summed E-state index contributed by atoms with van der Waals surface area (Å²) >= 11 is 5.82. The predicted molar refractivity (Wildman–Crippen MR) is 76.9 cm³/mol. The van der Waals surface area contributed by atoms with Crippen molar-refractivity contribution in [3.8, 4) is 0 Å². The Balaban J connectivity index is 2.25. The van der Waals surface area contributed by atoms with Gasteiger partial charge in [-0.2, -0.15) is 0 Å². The average molecular weight is 290 g/mol. The lowest BCUT2D eigenvalue weighted by molar-refractivity contribution is 0.539. The molecular formula is C13H20ClNO2S. The Hall–Kier alpha value is -0.580. The van der Waals surface area contributed by atoms with Crippen molar-refractivity contribution in [1.82, 2.24) is 5.32 Å². The molecule has 0 aliphatic carbocycles. The molecule has 0 spiro atoms. The molecular weight excluding hydrogens is 270 g/mol. The fourth-order valence-corrected chi connectivity index (χ4v) is 2.52. The lowest BCUT2D eigenvalue weighted by Crippen LogP contribution is -2.29. The highest BCUT2D eigenvalue weighted by atomic mass is 35.5. The smallest absolute Gasteiger partial charge is 0.147 e. The summed E-state index contributed by atoms with van der Waals surface area (Å²) in [6, 6.07) is 8.11. The van der Waals surface area contributed by atoms with Crippen LogP contribution in [-0.2, 0) is 16.3 Å². The molecule has 0 aliphatic heterocycles. The molecule has 102 valence electrons. The summed E-state index contributed by atoms with van der Waals surface area (Å²) in [4.78, 5) is 0. The second kappa shape index (κ2) is 7.12. The van der Waals surface area contributed by atoms with Crippen molar-refractivity contribution in [2.45, 2.75) is 25.8 Å². The van der Waals surface area contributed by atoms with Crippen LogP contribution in [0.1, 0.15) is 18.9 Å². The van der Waals surface area contributed by atoms with E-state index < -0.39 is 9.84 Å².